The Hall–Kier alpha value is -1.20. The van der Waals surface area contributed by atoms with Crippen LogP contribution in [-0.4, -0.2) is 18.8 Å². The molecule has 0 fully saturated rings. The van der Waals surface area contributed by atoms with E-state index in [0.717, 1.165) is 25.7 Å². The molecule has 0 saturated carbocycles. The highest BCUT2D eigenvalue weighted by Gasteiger charge is 2.19. The molecule has 0 saturated heterocycles. The standard InChI is InChI=1S/C15H22O4S/c1-12(2)8-4-3-5-10-14(16)13-9-6-7-11-15(13)20(17,18)19/h6-7,9,11-12H,3-5,8,10H2,1-2H3,(H,17,18,19). The van der Waals surface area contributed by atoms with Crippen LogP contribution in [0.25, 0.3) is 0 Å². The number of benzene rings is 1. The van der Waals surface area contributed by atoms with E-state index in [0.29, 0.717) is 12.3 Å². The minimum Gasteiger partial charge on any atom is -0.294 e. The molecule has 0 aliphatic rings. The van der Waals surface area contributed by atoms with Crippen molar-refractivity contribution in [1.29, 1.82) is 0 Å². The molecule has 0 amide bonds. The maximum absolute atomic E-state index is 12.0. The van der Waals surface area contributed by atoms with Crippen molar-refractivity contribution in [3.05, 3.63) is 29.8 Å². The number of hydrogen-bond acceptors (Lipinski definition) is 3. The summed E-state index contributed by atoms with van der Waals surface area (Å²) in [7, 11) is -4.35. The molecule has 1 aromatic carbocycles. The number of ketones is 1. The van der Waals surface area contributed by atoms with E-state index in [9.17, 15) is 13.2 Å². The predicted molar refractivity (Wildman–Crippen MR) is 78.5 cm³/mol. The zero-order chi connectivity index (χ0) is 15.2. The molecule has 112 valence electrons. The van der Waals surface area contributed by atoms with Gasteiger partial charge in [0.15, 0.2) is 5.78 Å². The fraction of sp³-hybridized carbons (Fsp3) is 0.533. The third-order valence-corrected chi connectivity index (χ3v) is 4.06. The van der Waals surface area contributed by atoms with Gasteiger partial charge in [-0.3, -0.25) is 9.35 Å². The van der Waals surface area contributed by atoms with E-state index in [-0.39, 0.29) is 16.2 Å². The van der Waals surface area contributed by atoms with Gasteiger partial charge in [-0.25, -0.2) is 0 Å². The van der Waals surface area contributed by atoms with Gasteiger partial charge in [0.2, 0.25) is 0 Å². The zero-order valence-corrected chi connectivity index (χ0v) is 12.8. The molecule has 1 rings (SSSR count). The van der Waals surface area contributed by atoms with Crippen LogP contribution in [0.5, 0.6) is 0 Å². The van der Waals surface area contributed by atoms with Crippen molar-refractivity contribution >= 4 is 15.9 Å². The van der Waals surface area contributed by atoms with E-state index < -0.39 is 10.1 Å². The normalized spacial score (nSPS) is 11.8. The smallest absolute Gasteiger partial charge is 0.294 e. The van der Waals surface area contributed by atoms with Gasteiger partial charge in [-0.2, -0.15) is 8.42 Å². The summed E-state index contributed by atoms with van der Waals surface area (Å²) in [5.74, 6) is 0.425. The Labute approximate surface area is 121 Å². The SMILES string of the molecule is CC(C)CCCCCC(=O)c1ccccc1S(=O)(=O)O. The number of rotatable bonds is 8. The lowest BCUT2D eigenvalue weighted by atomic mass is 10.0. The topological polar surface area (TPSA) is 71.4 Å². The molecule has 4 nitrogen and oxygen atoms in total. The van der Waals surface area contributed by atoms with Crippen LogP contribution >= 0.6 is 0 Å². The summed E-state index contributed by atoms with van der Waals surface area (Å²) in [6.07, 6.45) is 4.22. The first-order chi connectivity index (χ1) is 9.32. The van der Waals surface area contributed by atoms with Crippen molar-refractivity contribution in [2.75, 3.05) is 0 Å². The van der Waals surface area contributed by atoms with Crippen molar-refractivity contribution in [1.82, 2.24) is 0 Å². The van der Waals surface area contributed by atoms with Crippen molar-refractivity contribution < 1.29 is 17.8 Å². The molecule has 0 aliphatic carbocycles. The summed E-state index contributed by atoms with van der Waals surface area (Å²) in [6, 6.07) is 5.78. The lowest BCUT2D eigenvalue weighted by molar-refractivity contribution is 0.0975. The Morgan fingerprint density at radius 1 is 1.15 bits per heavy atom. The van der Waals surface area contributed by atoms with Crippen molar-refractivity contribution in [3.63, 3.8) is 0 Å². The number of carbonyl (C=O) groups is 1. The minimum atomic E-state index is -4.35. The molecule has 1 aromatic rings. The van der Waals surface area contributed by atoms with Gasteiger partial charge >= 0.3 is 0 Å². The average Bonchev–Trinajstić information content (AvgIpc) is 2.36. The average molecular weight is 298 g/mol. The Kier molecular flexibility index (Phi) is 6.36. The third-order valence-electron chi connectivity index (χ3n) is 3.15. The van der Waals surface area contributed by atoms with Crippen molar-refractivity contribution in [2.24, 2.45) is 5.92 Å². The summed E-state index contributed by atoms with van der Waals surface area (Å²) in [5, 5.41) is 0. The Morgan fingerprint density at radius 2 is 1.80 bits per heavy atom. The van der Waals surface area contributed by atoms with Gasteiger partial charge < -0.3 is 0 Å². The van der Waals surface area contributed by atoms with E-state index in [1.165, 1.54) is 18.2 Å². The molecule has 5 heteroatoms. The first-order valence-corrected chi connectivity index (χ1v) is 8.36. The van der Waals surface area contributed by atoms with Crippen LogP contribution in [0, 0.1) is 5.92 Å². The van der Waals surface area contributed by atoms with Crippen LogP contribution in [-0.2, 0) is 10.1 Å². The van der Waals surface area contributed by atoms with Gasteiger partial charge in [0, 0.05) is 12.0 Å². The fourth-order valence-electron chi connectivity index (χ4n) is 2.07. The number of carbonyl (C=O) groups excluding carboxylic acids is 1. The summed E-state index contributed by atoms with van der Waals surface area (Å²) < 4.78 is 31.5. The van der Waals surface area contributed by atoms with E-state index in [1.54, 1.807) is 6.07 Å². The highest BCUT2D eigenvalue weighted by Crippen LogP contribution is 2.18. The molecule has 1 N–H and O–H groups in total. The molecule has 0 spiro atoms. The predicted octanol–water partition coefficient (Wildman–Crippen LogP) is 3.72. The van der Waals surface area contributed by atoms with Crippen LogP contribution in [0.15, 0.2) is 29.2 Å². The number of unbranched alkanes of at least 4 members (excludes halogenated alkanes) is 2. The van der Waals surface area contributed by atoms with Crippen LogP contribution in [0.4, 0.5) is 0 Å². The molecule has 0 bridgehead atoms. The summed E-state index contributed by atoms with van der Waals surface area (Å²) in [5.41, 5.74) is 0.0823. The second-order valence-electron chi connectivity index (χ2n) is 5.39. The highest BCUT2D eigenvalue weighted by molar-refractivity contribution is 7.86. The Morgan fingerprint density at radius 3 is 2.40 bits per heavy atom. The number of Topliss-reactive ketones (excluding diaryl/α,β-unsaturated/α-hetero) is 1. The highest BCUT2D eigenvalue weighted by atomic mass is 32.2. The lowest BCUT2D eigenvalue weighted by Gasteiger charge is -2.07. The fourth-order valence-corrected chi connectivity index (χ4v) is 2.78. The first kappa shape index (κ1) is 16.9. The molecule has 0 aromatic heterocycles. The Balaban J connectivity index is 2.61. The molecule has 20 heavy (non-hydrogen) atoms. The maximum atomic E-state index is 12.0. The third kappa shape index (κ3) is 5.43. The molecule has 0 heterocycles. The van der Waals surface area contributed by atoms with Crippen LogP contribution in [0.1, 0.15) is 56.3 Å². The van der Waals surface area contributed by atoms with Crippen LogP contribution in [0.3, 0.4) is 0 Å². The van der Waals surface area contributed by atoms with E-state index in [4.69, 9.17) is 4.55 Å². The quantitative estimate of drug-likeness (QED) is 0.451. The van der Waals surface area contributed by atoms with Gasteiger partial charge in [-0.15, -0.1) is 0 Å². The first-order valence-electron chi connectivity index (χ1n) is 6.92. The van der Waals surface area contributed by atoms with Gasteiger partial charge in [-0.05, 0) is 18.4 Å². The molecule has 0 aliphatic heterocycles. The number of hydrogen-bond donors (Lipinski definition) is 1. The molecule has 0 radical (unpaired) electrons. The lowest BCUT2D eigenvalue weighted by Crippen LogP contribution is -2.08. The van der Waals surface area contributed by atoms with Gasteiger partial charge in [-0.1, -0.05) is 51.3 Å². The van der Waals surface area contributed by atoms with E-state index in [2.05, 4.69) is 13.8 Å². The van der Waals surface area contributed by atoms with Gasteiger partial charge in [0.05, 0.1) is 0 Å². The Bertz CT molecular complexity index is 547. The van der Waals surface area contributed by atoms with Gasteiger partial charge in [0.1, 0.15) is 4.90 Å². The van der Waals surface area contributed by atoms with E-state index in [1.807, 2.05) is 0 Å². The molecular formula is C15H22O4S. The van der Waals surface area contributed by atoms with Crippen LogP contribution in [0.2, 0.25) is 0 Å². The summed E-state index contributed by atoms with van der Waals surface area (Å²) in [6.45, 7) is 4.32. The van der Waals surface area contributed by atoms with Crippen molar-refractivity contribution in [2.45, 2.75) is 50.8 Å². The monoisotopic (exact) mass is 298 g/mol. The summed E-state index contributed by atoms with van der Waals surface area (Å²) in [4.78, 5) is 11.7. The van der Waals surface area contributed by atoms with Crippen molar-refractivity contribution in [3.8, 4) is 0 Å². The zero-order valence-electron chi connectivity index (χ0n) is 12.0. The summed E-state index contributed by atoms with van der Waals surface area (Å²) >= 11 is 0. The molecule has 0 unspecified atom stereocenters. The van der Waals surface area contributed by atoms with Gasteiger partial charge in [0.25, 0.3) is 10.1 Å². The molecular weight excluding hydrogens is 276 g/mol. The minimum absolute atomic E-state index is 0.0823. The second kappa shape index (κ2) is 7.55. The molecule has 0 atom stereocenters. The second-order valence-corrected chi connectivity index (χ2v) is 6.78. The largest absolute Gasteiger partial charge is 0.295 e. The maximum Gasteiger partial charge on any atom is 0.295 e. The van der Waals surface area contributed by atoms with E-state index >= 15 is 0 Å². The van der Waals surface area contributed by atoms with Crippen LogP contribution < -0.4 is 0 Å².